The summed E-state index contributed by atoms with van der Waals surface area (Å²) in [5.74, 6) is 0. The Labute approximate surface area is 70.0 Å². The van der Waals surface area contributed by atoms with Crippen molar-refractivity contribution >= 4 is 17.3 Å². The van der Waals surface area contributed by atoms with Crippen LogP contribution >= 0.6 is 11.6 Å². The molecular formula is C7H9ClN2O. The van der Waals surface area contributed by atoms with Crippen molar-refractivity contribution in [1.29, 1.82) is 0 Å². The molecule has 0 aromatic carbocycles. The van der Waals surface area contributed by atoms with Gasteiger partial charge < -0.3 is 10.4 Å². The highest BCUT2D eigenvalue weighted by molar-refractivity contribution is 6.31. The summed E-state index contributed by atoms with van der Waals surface area (Å²) in [4.78, 5) is 3.85. The Morgan fingerprint density at radius 3 is 3.09 bits per heavy atom. The standard InChI is InChI=1S/C7H9ClN2O/c8-7-6(9-4-5-11)2-1-3-10-7/h1-3,9,11H,4-5H2. The fourth-order valence-corrected chi connectivity index (χ4v) is 0.895. The zero-order valence-electron chi connectivity index (χ0n) is 5.92. The van der Waals surface area contributed by atoms with Gasteiger partial charge in [0, 0.05) is 12.7 Å². The molecule has 0 aliphatic heterocycles. The van der Waals surface area contributed by atoms with Gasteiger partial charge in [0.2, 0.25) is 0 Å². The van der Waals surface area contributed by atoms with Crippen molar-refractivity contribution in [3.63, 3.8) is 0 Å². The molecule has 0 atom stereocenters. The molecule has 0 radical (unpaired) electrons. The molecule has 11 heavy (non-hydrogen) atoms. The largest absolute Gasteiger partial charge is 0.395 e. The van der Waals surface area contributed by atoms with Crippen LogP contribution in [0.5, 0.6) is 0 Å². The Morgan fingerprint density at radius 1 is 1.64 bits per heavy atom. The molecule has 1 rings (SSSR count). The van der Waals surface area contributed by atoms with Crippen molar-refractivity contribution in [3.05, 3.63) is 23.5 Å². The van der Waals surface area contributed by atoms with E-state index in [4.69, 9.17) is 16.7 Å². The van der Waals surface area contributed by atoms with Crippen molar-refractivity contribution in [2.45, 2.75) is 0 Å². The van der Waals surface area contributed by atoms with Gasteiger partial charge in [-0.3, -0.25) is 0 Å². The van der Waals surface area contributed by atoms with Gasteiger partial charge in [-0.25, -0.2) is 4.98 Å². The smallest absolute Gasteiger partial charge is 0.152 e. The van der Waals surface area contributed by atoms with Crippen LogP contribution in [0.4, 0.5) is 5.69 Å². The summed E-state index contributed by atoms with van der Waals surface area (Å²) in [7, 11) is 0. The van der Waals surface area contributed by atoms with Gasteiger partial charge in [-0.2, -0.15) is 0 Å². The Balaban J connectivity index is 2.62. The number of aliphatic hydroxyl groups excluding tert-OH is 1. The fraction of sp³-hybridized carbons (Fsp3) is 0.286. The number of hydrogen-bond acceptors (Lipinski definition) is 3. The Morgan fingerprint density at radius 2 is 2.45 bits per heavy atom. The molecule has 0 saturated heterocycles. The topological polar surface area (TPSA) is 45.1 Å². The normalized spacial score (nSPS) is 9.64. The second-order valence-electron chi connectivity index (χ2n) is 1.99. The van der Waals surface area contributed by atoms with E-state index in [2.05, 4.69) is 10.3 Å². The first-order chi connectivity index (χ1) is 5.34. The minimum Gasteiger partial charge on any atom is -0.395 e. The highest BCUT2D eigenvalue weighted by Gasteiger charge is 1.96. The van der Waals surface area contributed by atoms with Gasteiger partial charge in [0.25, 0.3) is 0 Å². The number of pyridine rings is 1. The van der Waals surface area contributed by atoms with Crippen LogP contribution in [0.15, 0.2) is 18.3 Å². The number of nitrogens with one attached hydrogen (secondary N) is 1. The van der Waals surface area contributed by atoms with Gasteiger partial charge >= 0.3 is 0 Å². The number of aromatic nitrogens is 1. The molecule has 1 heterocycles. The highest BCUT2D eigenvalue weighted by atomic mass is 35.5. The maximum atomic E-state index is 8.49. The predicted octanol–water partition coefficient (Wildman–Crippen LogP) is 1.14. The summed E-state index contributed by atoms with van der Waals surface area (Å²) < 4.78 is 0. The van der Waals surface area contributed by atoms with Crippen LogP contribution < -0.4 is 5.32 Å². The van der Waals surface area contributed by atoms with E-state index in [-0.39, 0.29) is 6.61 Å². The predicted molar refractivity (Wildman–Crippen MR) is 44.8 cm³/mol. The molecular weight excluding hydrogens is 164 g/mol. The molecule has 0 unspecified atom stereocenters. The van der Waals surface area contributed by atoms with Crippen molar-refractivity contribution in [2.24, 2.45) is 0 Å². The van der Waals surface area contributed by atoms with E-state index in [1.54, 1.807) is 12.3 Å². The van der Waals surface area contributed by atoms with E-state index >= 15 is 0 Å². The van der Waals surface area contributed by atoms with Crippen LogP contribution in [0.25, 0.3) is 0 Å². The van der Waals surface area contributed by atoms with Crippen LogP contribution in [0.3, 0.4) is 0 Å². The zero-order chi connectivity index (χ0) is 8.10. The average molecular weight is 173 g/mol. The average Bonchev–Trinajstić information content (AvgIpc) is 2.03. The van der Waals surface area contributed by atoms with E-state index in [1.807, 2.05) is 6.07 Å². The third-order valence-electron chi connectivity index (χ3n) is 1.19. The molecule has 0 spiro atoms. The minimum atomic E-state index is 0.0885. The SMILES string of the molecule is OCCNc1cccnc1Cl. The molecule has 3 nitrogen and oxygen atoms in total. The third-order valence-corrected chi connectivity index (χ3v) is 1.49. The van der Waals surface area contributed by atoms with Gasteiger partial charge in [0.1, 0.15) is 0 Å². The van der Waals surface area contributed by atoms with Crippen LogP contribution in [-0.2, 0) is 0 Å². The summed E-state index contributed by atoms with van der Waals surface area (Å²) >= 11 is 5.70. The van der Waals surface area contributed by atoms with Gasteiger partial charge in [-0.05, 0) is 12.1 Å². The van der Waals surface area contributed by atoms with Crippen molar-refractivity contribution in [1.82, 2.24) is 4.98 Å². The third kappa shape index (κ3) is 2.37. The quantitative estimate of drug-likeness (QED) is 0.673. The van der Waals surface area contributed by atoms with Crippen LogP contribution in [0, 0.1) is 0 Å². The summed E-state index contributed by atoms with van der Waals surface area (Å²) in [6, 6.07) is 3.59. The van der Waals surface area contributed by atoms with Gasteiger partial charge in [-0.15, -0.1) is 0 Å². The zero-order valence-corrected chi connectivity index (χ0v) is 6.67. The second-order valence-corrected chi connectivity index (χ2v) is 2.35. The van der Waals surface area contributed by atoms with E-state index < -0.39 is 0 Å². The number of aliphatic hydroxyl groups is 1. The molecule has 60 valence electrons. The monoisotopic (exact) mass is 172 g/mol. The van der Waals surface area contributed by atoms with Crippen molar-refractivity contribution in [3.8, 4) is 0 Å². The van der Waals surface area contributed by atoms with Crippen LogP contribution in [0.1, 0.15) is 0 Å². The lowest BCUT2D eigenvalue weighted by Gasteiger charge is -2.03. The van der Waals surface area contributed by atoms with Crippen molar-refractivity contribution < 1.29 is 5.11 Å². The highest BCUT2D eigenvalue weighted by Crippen LogP contribution is 2.16. The molecule has 0 aliphatic carbocycles. The first-order valence-electron chi connectivity index (χ1n) is 3.30. The molecule has 2 N–H and O–H groups in total. The Kier molecular flexibility index (Phi) is 3.14. The molecule has 0 saturated carbocycles. The van der Waals surface area contributed by atoms with E-state index in [1.165, 1.54) is 0 Å². The van der Waals surface area contributed by atoms with E-state index in [0.717, 1.165) is 5.69 Å². The molecule has 0 bridgehead atoms. The van der Waals surface area contributed by atoms with Crippen LogP contribution in [-0.4, -0.2) is 23.2 Å². The Bertz CT molecular complexity index is 229. The molecule has 0 aliphatic rings. The molecule has 0 amide bonds. The van der Waals surface area contributed by atoms with Crippen LogP contribution in [0.2, 0.25) is 5.15 Å². The maximum Gasteiger partial charge on any atom is 0.152 e. The van der Waals surface area contributed by atoms with E-state index in [9.17, 15) is 0 Å². The summed E-state index contributed by atoms with van der Waals surface area (Å²) in [6.07, 6.45) is 1.62. The Hall–Kier alpha value is -0.800. The molecule has 0 fully saturated rings. The molecule has 1 aromatic heterocycles. The summed E-state index contributed by atoms with van der Waals surface area (Å²) in [5, 5.41) is 11.8. The first kappa shape index (κ1) is 8.30. The van der Waals surface area contributed by atoms with Crippen molar-refractivity contribution in [2.75, 3.05) is 18.5 Å². The molecule has 1 aromatic rings. The lowest BCUT2D eigenvalue weighted by molar-refractivity contribution is 0.311. The molecule has 4 heteroatoms. The van der Waals surface area contributed by atoms with Gasteiger partial charge in [-0.1, -0.05) is 11.6 Å². The van der Waals surface area contributed by atoms with Gasteiger partial charge in [0.15, 0.2) is 5.15 Å². The minimum absolute atomic E-state index is 0.0885. The number of anilines is 1. The number of hydrogen-bond donors (Lipinski definition) is 2. The summed E-state index contributed by atoms with van der Waals surface area (Å²) in [5.41, 5.74) is 0.753. The summed E-state index contributed by atoms with van der Waals surface area (Å²) in [6.45, 7) is 0.580. The van der Waals surface area contributed by atoms with Gasteiger partial charge in [0.05, 0.1) is 12.3 Å². The number of halogens is 1. The lowest BCUT2D eigenvalue weighted by Crippen LogP contribution is -2.05. The van der Waals surface area contributed by atoms with E-state index in [0.29, 0.717) is 11.7 Å². The fourth-order valence-electron chi connectivity index (χ4n) is 0.708. The second kappa shape index (κ2) is 4.16. The lowest BCUT2D eigenvalue weighted by atomic mass is 10.4. The maximum absolute atomic E-state index is 8.49. The number of rotatable bonds is 3. The number of nitrogens with zero attached hydrogens (tertiary/aromatic N) is 1. The first-order valence-corrected chi connectivity index (χ1v) is 3.67.